The summed E-state index contributed by atoms with van der Waals surface area (Å²) in [5.41, 5.74) is 0.135. The van der Waals surface area contributed by atoms with Crippen LogP contribution >= 0.6 is 0 Å². The number of alkyl carbamates (subject to hydrolysis) is 1. The first-order valence-electron chi connectivity index (χ1n) is 7.33. The van der Waals surface area contributed by atoms with Gasteiger partial charge in [-0.3, -0.25) is 5.32 Å². The van der Waals surface area contributed by atoms with Crippen molar-refractivity contribution in [3.63, 3.8) is 0 Å². The van der Waals surface area contributed by atoms with Crippen LogP contribution in [0.4, 0.5) is 4.79 Å². The number of hydrogen-bond acceptors (Lipinski definition) is 4. The lowest BCUT2D eigenvalue weighted by atomic mass is 10.2. The summed E-state index contributed by atoms with van der Waals surface area (Å²) >= 11 is 0. The third-order valence-electron chi connectivity index (χ3n) is 2.59. The van der Waals surface area contributed by atoms with Crippen LogP contribution in [-0.2, 0) is 20.9 Å². The topological polar surface area (TPSA) is 84.9 Å². The highest BCUT2D eigenvalue weighted by Gasteiger charge is 2.18. The monoisotopic (exact) mass is 321 g/mol. The summed E-state index contributed by atoms with van der Waals surface area (Å²) in [5.74, 6) is -1.22. The Labute approximate surface area is 136 Å². The Bertz CT molecular complexity index is 546. The summed E-state index contributed by atoms with van der Waals surface area (Å²) in [6.45, 7) is 5.91. The second-order valence-corrected chi connectivity index (χ2v) is 5.88. The highest BCUT2D eigenvalue weighted by Crippen LogP contribution is 2.07. The fourth-order valence-electron chi connectivity index (χ4n) is 1.66. The number of rotatable bonds is 7. The number of aliphatic carboxylic acids is 1. The maximum Gasteiger partial charge on any atom is 0.412 e. The van der Waals surface area contributed by atoms with Gasteiger partial charge in [-0.2, -0.15) is 0 Å². The smallest absolute Gasteiger partial charge is 0.412 e. The van der Waals surface area contributed by atoms with Crippen LogP contribution in [0.2, 0.25) is 0 Å². The largest absolute Gasteiger partial charge is 0.477 e. The van der Waals surface area contributed by atoms with E-state index < -0.39 is 17.7 Å². The second-order valence-electron chi connectivity index (χ2n) is 5.88. The van der Waals surface area contributed by atoms with Gasteiger partial charge in [0, 0.05) is 0 Å². The third-order valence-corrected chi connectivity index (χ3v) is 2.59. The van der Waals surface area contributed by atoms with Crippen molar-refractivity contribution in [2.45, 2.75) is 39.4 Å². The van der Waals surface area contributed by atoms with Gasteiger partial charge in [-0.1, -0.05) is 36.4 Å². The number of carbonyl (C=O) groups is 2. The summed E-state index contributed by atoms with van der Waals surface area (Å²) in [6.07, 6.45) is 0.970. The van der Waals surface area contributed by atoms with Crippen LogP contribution in [0.3, 0.4) is 0 Å². The molecule has 0 unspecified atom stereocenters. The first kappa shape index (κ1) is 18.7. The quantitative estimate of drug-likeness (QED) is 0.595. The number of amides is 1. The van der Waals surface area contributed by atoms with Gasteiger partial charge in [0.1, 0.15) is 11.3 Å². The highest BCUT2D eigenvalue weighted by atomic mass is 16.6. The molecule has 2 N–H and O–H groups in total. The zero-order valence-electron chi connectivity index (χ0n) is 13.7. The SMILES string of the molecule is CC(C)(C)OC(=O)N/C(=C\CCOCc1ccccc1)C(=O)O. The molecule has 6 heteroatoms. The molecular formula is C17H23NO5. The molecule has 0 aliphatic heterocycles. The zero-order chi connectivity index (χ0) is 17.3. The van der Waals surface area contributed by atoms with E-state index in [0.29, 0.717) is 19.6 Å². The number of ether oxygens (including phenoxy) is 2. The molecule has 23 heavy (non-hydrogen) atoms. The van der Waals surface area contributed by atoms with Crippen LogP contribution in [0.5, 0.6) is 0 Å². The van der Waals surface area contributed by atoms with Gasteiger partial charge >= 0.3 is 12.1 Å². The van der Waals surface area contributed by atoms with E-state index in [1.54, 1.807) is 20.8 Å². The lowest BCUT2D eigenvalue weighted by Crippen LogP contribution is -2.34. The van der Waals surface area contributed by atoms with E-state index in [2.05, 4.69) is 5.32 Å². The van der Waals surface area contributed by atoms with Gasteiger partial charge in [-0.15, -0.1) is 0 Å². The van der Waals surface area contributed by atoms with Gasteiger partial charge in [-0.25, -0.2) is 9.59 Å². The van der Waals surface area contributed by atoms with E-state index in [9.17, 15) is 9.59 Å². The standard InChI is InChI=1S/C17H23NO5/c1-17(2,3)23-16(21)18-14(15(19)20)10-7-11-22-12-13-8-5-4-6-9-13/h4-6,8-10H,7,11-12H2,1-3H3,(H,18,21)(H,19,20)/b14-10-. The summed E-state index contributed by atoms with van der Waals surface area (Å²) in [7, 11) is 0. The minimum atomic E-state index is -1.22. The molecule has 126 valence electrons. The molecule has 0 radical (unpaired) electrons. The molecule has 1 aromatic rings. The Morgan fingerprint density at radius 3 is 2.43 bits per heavy atom. The molecule has 0 aromatic heterocycles. The average molecular weight is 321 g/mol. The second kappa shape index (κ2) is 8.95. The molecule has 6 nitrogen and oxygen atoms in total. The molecular weight excluding hydrogens is 298 g/mol. The third kappa shape index (κ3) is 8.63. The van der Waals surface area contributed by atoms with Crippen molar-refractivity contribution in [2.75, 3.05) is 6.61 Å². The number of nitrogens with one attached hydrogen (secondary N) is 1. The number of hydrogen-bond donors (Lipinski definition) is 2. The van der Waals surface area contributed by atoms with Crippen LogP contribution in [0, 0.1) is 0 Å². The summed E-state index contributed by atoms with van der Waals surface area (Å²) in [5, 5.41) is 11.3. The number of carboxylic acid groups (broad SMARTS) is 1. The molecule has 0 aliphatic rings. The molecule has 0 saturated heterocycles. The lowest BCUT2D eigenvalue weighted by molar-refractivity contribution is -0.133. The Kier molecular flexibility index (Phi) is 7.28. The van der Waals surface area contributed by atoms with Gasteiger partial charge in [-0.05, 0) is 32.8 Å². The van der Waals surface area contributed by atoms with Gasteiger partial charge in [0.15, 0.2) is 0 Å². The molecule has 0 saturated carbocycles. The molecule has 0 fully saturated rings. The van der Waals surface area contributed by atoms with Crippen molar-refractivity contribution in [2.24, 2.45) is 0 Å². The Morgan fingerprint density at radius 1 is 1.22 bits per heavy atom. The maximum absolute atomic E-state index is 11.6. The van der Waals surface area contributed by atoms with Crippen molar-refractivity contribution < 1.29 is 24.2 Å². The fourth-order valence-corrected chi connectivity index (χ4v) is 1.66. The molecule has 0 heterocycles. The van der Waals surface area contributed by atoms with Crippen molar-refractivity contribution in [3.8, 4) is 0 Å². The van der Waals surface area contributed by atoms with Gasteiger partial charge in [0.05, 0.1) is 13.2 Å². The van der Waals surface area contributed by atoms with Crippen LogP contribution in [0.1, 0.15) is 32.8 Å². The fraction of sp³-hybridized carbons (Fsp3) is 0.412. The number of carboxylic acids is 1. The minimum Gasteiger partial charge on any atom is -0.477 e. The Hall–Kier alpha value is -2.34. The average Bonchev–Trinajstić information content (AvgIpc) is 2.44. The first-order valence-corrected chi connectivity index (χ1v) is 7.33. The normalized spacial score (nSPS) is 11.9. The summed E-state index contributed by atoms with van der Waals surface area (Å²) in [6, 6.07) is 9.66. The van der Waals surface area contributed by atoms with E-state index in [4.69, 9.17) is 14.6 Å². The van der Waals surface area contributed by atoms with E-state index in [1.807, 2.05) is 30.3 Å². The van der Waals surface area contributed by atoms with E-state index >= 15 is 0 Å². The van der Waals surface area contributed by atoms with Crippen LogP contribution < -0.4 is 5.32 Å². The molecule has 0 spiro atoms. The molecule has 0 aliphatic carbocycles. The predicted octanol–water partition coefficient (Wildman–Crippen LogP) is 3.09. The molecule has 0 atom stereocenters. The van der Waals surface area contributed by atoms with Gasteiger partial charge in [0.2, 0.25) is 0 Å². The Balaban J connectivity index is 2.40. The zero-order valence-corrected chi connectivity index (χ0v) is 13.7. The lowest BCUT2D eigenvalue weighted by Gasteiger charge is -2.19. The number of carbonyl (C=O) groups excluding carboxylic acids is 1. The molecule has 0 bridgehead atoms. The van der Waals surface area contributed by atoms with E-state index in [0.717, 1.165) is 5.56 Å². The molecule has 1 rings (SSSR count). The Morgan fingerprint density at radius 2 is 1.87 bits per heavy atom. The first-order chi connectivity index (χ1) is 10.8. The van der Waals surface area contributed by atoms with Crippen LogP contribution in [-0.4, -0.2) is 29.4 Å². The minimum absolute atomic E-state index is 0.220. The molecule has 1 aromatic carbocycles. The maximum atomic E-state index is 11.6. The van der Waals surface area contributed by atoms with Gasteiger partial charge < -0.3 is 14.6 Å². The van der Waals surface area contributed by atoms with Crippen molar-refractivity contribution >= 4 is 12.1 Å². The van der Waals surface area contributed by atoms with Gasteiger partial charge in [0.25, 0.3) is 0 Å². The number of benzene rings is 1. The van der Waals surface area contributed by atoms with Crippen molar-refractivity contribution in [1.82, 2.24) is 5.32 Å². The van der Waals surface area contributed by atoms with Crippen LogP contribution in [0.25, 0.3) is 0 Å². The van der Waals surface area contributed by atoms with E-state index in [-0.39, 0.29) is 5.70 Å². The van der Waals surface area contributed by atoms with Crippen LogP contribution in [0.15, 0.2) is 42.1 Å². The predicted molar refractivity (Wildman–Crippen MR) is 85.8 cm³/mol. The van der Waals surface area contributed by atoms with Crippen molar-refractivity contribution in [3.05, 3.63) is 47.7 Å². The summed E-state index contributed by atoms with van der Waals surface area (Å²) in [4.78, 5) is 22.7. The summed E-state index contributed by atoms with van der Waals surface area (Å²) < 4.78 is 10.5. The molecule has 1 amide bonds. The highest BCUT2D eigenvalue weighted by molar-refractivity contribution is 5.90. The van der Waals surface area contributed by atoms with Crippen molar-refractivity contribution in [1.29, 1.82) is 0 Å². The van der Waals surface area contributed by atoms with E-state index in [1.165, 1.54) is 6.08 Å².